The maximum atomic E-state index is 13.2. The molecule has 33 heavy (non-hydrogen) atoms. The van der Waals surface area contributed by atoms with Gasteiger partial charge in [0.15, 0.2) is 9.84 Å². The molecule has 0 aromatic carbocycles. The zero-order valence-electron chi connectivity index (χ0n) is 19.4. The molecule has 5 heterocycles. The van der Waals surface area contributed by atoms with Crippen molar-refractivity contribution >= 4 is 26.7 Å². The van der Waals surface area contributed by atoms with E-state index in [2.05, 4.69) is 22.1 Å². The number of fused-ring (bicyclic) bond motifs is 1. The predicted octanol–water partition coefficient (Wildman–Crippen LogP) is 2.78. The van der Waals surface area contributed by atoms with Gasteiger partial charge >= 0.3 is 0 Å². The highest BCUT2D eigenvalue weighted by Gasteiger charge is 2.44. The first-order valence-corrected chi connectivity index (χ1v) is 13.4. The molecule has 3 aromatic heterocycles. The summed E-state index contributed by atoms with van der Waals surface area (Å²) in [4.78, 5) is 15.3. The number of hydrogen-bond donors (Lipinski definition) is 2. The third-order valence-corrected chi connectivity index (χ3v) is 9.06. The van der Waals surface area contributed by atoms with Gasteiger partial charge in [-0.2, -0.15) is 0 Å². The maximum absolute atomic E-state index is 13.2. The van der Waals surface area contributed by atoms with Gasteiger partial charge in [0.2, 0.25) is 0 Å². The van der Waals surface area contributed by atoms with Crippen molar-refractivity contribution in [3.8, 4) is 11.4 Å². The number of aryl methyl sites for hydroxylation is 1. The van der Waals surface area contributed by atoms with E-state index < -0.39 is 14.6 Å². The number of sulfone groups is 1. The SMILES string of the molecule is Cc1cc2nc(-c3cc(C4(S(C)(=O)=O)CCNCC4)cc(N4CCOC[C@@H]4C)n3)ccc2[nH]1. The Bertz CT molecular complexity index is 1280. The van der Waals surface area contributed by atoms with Crippen molar-refractivity contribution in [2.75, 3.05) is 44.0 Å². The van der Waals surface area contributed by atoms with Crippen LogP contribution < -0.4 is 10.2 Å². The molecular formula is C24H31N5O3S. The lowest BCUT2D eigenvalue weighted by molar-refractivity contribution is 0.0985. The van der Waals surface area contributed by atoms with Crippen LogP contribution in [0.1, 0.15) is 31.0 Å². The highest BCUT2D eigenvalue weighted by Crippen LogP contribution is 2.41. The first-order chi connectivity index (χ1) is 15.8. The largest absolute Gasteiger partial charge is 0.377 e. The summed E-state index contributed by atoms with van der Waals surface area (Å²) in [6, 6.07) is 10.0. The standard InChI is InChI=1S/C24H31N5O3S/c1-16-12-21-19(26-16)4-5-20(27-21)22-13-18(24(33(3,30)31)6-8-25-9-7-24)14-23(28-22)29-10-11-32-15-17(29)2/h4-5,12-14,17,25-26H,6-11,15H2,1-3H3/t17-/m0/s1. The molecule has 9 heteroatoms. The predicted molar refractivity (Wildman–Crippen MR) is 130 cm³/mol. The molecule has 0 amide bonds. The van der Waals surface area contributed by atoms with Crippen molar-refractivity contribution in [3.05, 3.63) is 41.6 Å². The van der Waals surface area contributed by atoms with Gasteiger partial charge < -0.3 is 19.9 Å². The quantitative estimate of drug-likeness (QED) is 0.606. The Morgan fingerprint density at radius 3 is 2.64 bits per heavy atom. The van der Waals surface area contributed by atoms with Gasteiger partial charge in [-0.1, -0.05) is 0 Å². The second-order valence-corrected chi connectivity index (χ2v) is 11.6. The molecule has 0 aliphatic carbocycles. The van der Waals surface area contributed by atoms with Crippen LogP contribution in [0.2, 0.25) is 0 Å². The first kappa shape index (κ1) is 22.3. The fraction of sp³-hybridized carbons (Fsp3) is 0.500. The number of rotatable bonds is 4. The Kier molecular flexibility index (Phi) is 5.66. The Morgan fingerprint density at radius 2 is 1.91 bits per heavy atom. The molecular weight excluding hydrogens is 438 g/mol. The van der Waals surface area contributed by atoms with E-state index in [9.17, 15) is 8.42 Å². The molecule has 1 atom stereocenters. The number of aromatic nitrogens is 3. The molecule has 0 unspecified atom stereocenters. The molecule has 0 saturated carbocycles. The summed E-state index contributed by atoms with van der Waals surface area (Å²) < 4.78 is 31.1. The number of anilines is 1. The summed E-state index contributed by atoms with van der Waals surface area (Å²) in [6.07, 6.45) is 2.44. The van der Waals surface area contributed by atoms with Crippen molar-refractivity contribution in [2.24, 2.45) is 0 Å². The lowest BCUT2D eigenvalue weighted by Gasteiger charge is -2.38. The highest BCUT2D eigenvalue weighted by molar-refractivity contribution is 7.91. The fourth-order valence-corrected chi connectivity index (χ4v) is 6.61. The third-order valence-electron chi connectivity index (χ3n) is 6.99. The molecule has 176 valence electrons. The van der Waals surface area contributed by atoms with Crippen LogP contribution in [0.15, 0.2) is 30.3 Å². The minimum absolute atomic E-state index is 0.152. The van der Waals surface area contributed by atoms with Gasteiger partial charge in [-0.3, -0.25) is 0 Å². The lowest BCUT2D eigenvalue weighted by Crippen LogP contribution is -2.46. The van der Waals surface area contributed by atoms with Crippen LogP contribution >= 0.6 is 0 Å². The van der Waals surface area contributed by atoms with Crippen molar-refractivity contribution < 1.29 is 13.2 Å². The molecule has 0 spiro atoms. The van der Waals surface area contributed by atoms with Crippen LogP contribution in [0.5, 0.6) is 0 Å². The Morgan fingerprint density at radius 1 is 1.12 bits per heavy atom. The van der Waals surface area contributed by atoms with E-state index in [4.69, 9.17) is 14.7 Å². The van der Waals surface area contributed by atoms with E-state index in [1.807, 2.05) is 37.3 Å². The van der Waals surface area contributed by atoms with E-state index >= 15 is 0 Å². The summed E-state index contributed by atoms with van der Waals surface area (Å²) >= 11 is 0. The third kappa shape index (κ3) is 4.02. The van der Waals surface area contributed by atoms with Gasteiger partial charge in [0, 0.05) is 18.5 Å². The second-order valence-electron chi connectivity index (χ2n) is 9.31. The van der Waals surface area contributed by atoms with E-state index in [0.29, 0.717) is 51.4 Å². The average Bonchev–Trinajstić information content (AvgIpc) is 3.18. The van der Waals surface area contributed by atoms with Gasteiger partial charge in [0.1, 0.15) is 5.82 Å². The van der Waals surface area contributed by atoms with Crippen molar-refractivity contribution in [3.63, 3.8) is 0 Å². The van der Waals surface area contributed by atoms with Gasteiger partial charge in [-0.05, 0) is 75.7 Å². The van der Waals surface area contributed by atoms with Crippen LogP contribution in [-0.4, -0.2) is 68.5 Å². The van der Waals surface area contributed by atoms with E-state index in [1.54, 1.807) is 0 Å². The monoisotopic (exact) mass is 469 g/mol. The number of aromatic amines is 1. The van der Waals surface area contributed by atoms with Gasteiger partial charge in [0.05, 0.1) is 46.4 Å². The van der Waals surface area contributed by atoms with Crippen LogP contribution in [0.3, 0.4) is 0 Å². The van der Waals surface area contributed by atoms with Crippen molar-refractivity contribution in [1.29, 1.82) is 0 Å². The highest BCUT2D eigenvalue weighted by atomic mass is 32.2. The molecule has 0 bridgehead atoms. The molecule has 2 saturated heterocycles. The van der Waals surface area contributed by atoms with Crippen LogP contribution in [-0.2, 0) is 19.3 Å². The van der Waals surface area contributed by atoms with Crippen LogP contribution in [0, 0.1) is 6.92 Å². The van der Waals surface area contributed by atoms with Gasteiger partial charge in [0.25, 0.3) is 0 Å². The number of H-pyrrole nitrogens is 1. The van der Waals surface area contributed by atoms with Crippen LogP contribution in [0.25, 0.3) is 22.4 Å². The number of hydrogen-bond acceptors (Lipinski definition) is 7. The summed E-state index contributed by atoms with van der Waals surface area (Å²) in [7, 11) is -3.37. The van der Waals surface area contributed by atoms with E-state index in [0.717, 1.165) is 33.8 Å². The van der Waals surface area contributed by atoms with Gasteiger partial charge in [-0.25, -0.2) is 18.4 Å². The summed E-state index contributed by atoms with van der Waals surface area (Å²) in [5.41, 5.74) is 5.13. The fourth-order valence-electron chi connectivity index (χ4n) is 5.12. The maximum Gasteiger partial charge on any atom is 0.157 e. The summed E-state index contributed by atoms with van der Waals surface area (Å²) in [6.45, 7) is 7.41. The number of pyridine rings is 2. The van der Waals surface area contributed by atoms with Crippen molar-refractivity contribution in [1.82, 2.24) is 20.3 Å². The number of morpholine rings is 1. The first-order valence-electron chi connectivity index (χ1n) is 11.5. The Balaban J connectivity index is 1.70. The Labute approximate surface area is 194 Å². The van der Waals surface area contributed by atoms with E-state index in [-0.39, 0.29) is 6.04 Å². The molecule has 8 nitrogen and oxygen atoms in total. The zero-order valence-corrected chi connectivity index (χ0v) is 20.2. The smallest absolute Gasteiger partial charge is 0.157 e. The van der Waals surface area contributed by atoms with Gasteiger partial charge in [-0.15, -0.1) is 0 Å². The second kappa shape index (κ2) is 8.38. The normalized spacial score (nSPS) is 21.4. The lowest BCUT2D eigenvalue weighted by atomic mass is 9.88. The number of nitrogens with zero attached hydrogens (tertiary/aromatic N) is 3. The van der Waals surface area contributed by atoms with Crippen molar-refractivity contribution in [2.45, 2.75) is 37.5 Å². The molecule has 5 rings (SSSR count). The molecule has 0 radical (unpaired) electrons. The minimum atomic E-state index is -3.37. The molecule has 2 aliphatic heterocycles. The molecule has 2 fully saturated rings. The molecule has 2 aliphatic rings. The average molecular weight is 470 g/mol. The summed E-state index contributed by atoms with van der Waals surface area (Å²) in [5, 5.41) is 3.31. The van der Waals surface area contributed by atoms with E-state index in [1.165, 1.54) is 6.26 Å². The number of ether oxygens (including phenoxy) is 1. The molecule has 3 aromatic rings. The molecule has 2 N–H and O–H groups in total. The topological polar surface area (TPSA) is 100 Å². The zero-order chi connectivity index (χ0) is 23.2. The number of nitrogens with one attached hydrogen (secondary N) is 2. The Hall–Kier alpha value is -2.49. The minimum Gasteiger partial charge on any atom is -0.377 e. The number of piperidine rings is 1. The van der Waals surface area contributed by atoms with Crippen LogP contribution in [0.4, 0.5) is 5.82 Å². The summed E-state index contributed by atoms with van der Waals surface area (Å²) in [5.74, 6) is 0.784.